The minimum Gasteiger partial charge on any atom is -0.417 e. The van der Waals surface area contributed by atoms with Gasteiger partial charge in [-0.1, -0.05) is 20.8 Å². The van der Waals surface area contributed by atoms with Crippen molar-refractivity contribution in [2.75, 3.05) is 0 Å². The van der Waals surface area contributed by atoms with Crippen molar-refractivity contribution >= 4 is 8.60 Å². The Kier molecular flexibility index (Phi) is 11.4. The fourth-order valence-corrected chi connectivity index (χ4v) is 1.35. The summed E-state index contributed by atoms with van der Waals surface area (Å²) in [7, 11) is -1.36. The third-order valence-corrected chi connectivity index (χ3v) is 2.32. The van der Waals surface area contributed by atoms with Crippen LogP contribution in [0.4, 0.5) is 0 Å². The third kappa shape index (κ3) is 9.60. The first-order chi connectivity index (χ1) is 7.85. The van der Waals surface area contributed by atoms with E-state index in [1.807, 2.05) is 39.0 Å². The molecule has 4 heteroatoms. The average Bonchev–Trinajstić information content (AvgIpc) is 2.29. The van der Waals surface area contributed by atoms with E-state index in [2.05, 4.69) is 0 Å². The third-order valence-electron chi connectivity index (χ3n) is 1.44. The van der Waals surface area contributed by atoms with Gasteiger partial charge in [-0.05, 0) is 37.5 Å². The summed E-state index contributed by atoms with van der Waals surface area (Å²) in [5.74, 6) is 0. The second-order valence-corrected chi connectivity index (χ2v) is 3.96. The zero-order valence-electron chi connectivity index (χ0n) is 10.3. The van der Waals surface area contributed by atoms with Crippen LogP contribution in [0, 0.1) is 0 Å². The first kappa shape index (κ1) is 15.0. The molecule has 0 unspecified atom stereocenters. The Labute approximate surface area is 99.8 Å². The summed E-state index contributed by atoms with van der Waals surface area (Å²) in [5, 5.41) is 0. The molecule has 0 amide bonds. The Balaban J connectivity index is 3.99. The summed E-state index contributed by atoms with van der Waals surface area (Å²) < 4.78 is 15.9. The maximum absolute atomic E-state index is 5.31. The molecular formula is C12H21O3P. The molecule has 16 heavy (non-hydrogen) atoms. The Morgan fingerprint density at radius 3 is 1.25 bits per heavy atom. The second-order valence-electron chi connectivity index (χ2n) is 2.88. The van der Waals surface area contributed by atoms with E-state index < -0.39 is 8.60 Å². The molecule has 0 aromatic rings. The molecule has 0 saturated carbocycles. The predicted octanol–water partition coefficient (Wildman–Crippen LogP) is 5.03. The number of allylic oxidation sites excluding steroid dienone is 3. The summed E-state index contributed by atoms with van der Waals surface area (Å²) in [6.07, 6.45) is 13.4. The van der Waals surface area contributed by atoms with Crippen LogP contribution in [-0.4, -0.2) is 0 Å². The molecule has 0 spiro atoms. The normalized spacial score (nSPS) is 13.7. The molecule has 0 rings (SSSR count). The minimum absolute atomic E-state index is 0.929. The highest BCUT2D eigenvalue weighted by molar-refractivity contribution is 7.42. The number of rotatable bonds is 9. The van der Waals surface area contributed by atoms with Gasteiger partial charge in [0, 0.05) is 0 Å². The van der Waals surface area contributed by atoms with Gasteiger partial charge >= 0.3 is 8.60 Å². The van der Waals surface area contributed by atoms with Crippen molar-refractivity contribution in [3.05, 3.63) is 37.0 Å². The molecule has 92 valence electrons. The van der Waals surface area contributed by atoms with Crippen molar-refractivity contribution < 1.29 is 13.6 Å². The Morgan fingerprint density at radius 1 is 0.688 bits per heavy atom. The van der Waals surface area contributed by atoms with E-state index in [-0.39, 0.29) is 0 Å². The predicted molar refractivity (Wildman–Crippen MR) is 68.5 cm³/mol. The molecular weight excluding hydrogens is 223 g/mol. The number of hydrogen-bond donors (Lipinski definition) is 0. The van der Waals surface area contributed by atoms with Gasteiger partial charge in [-0.25, -0.2) is 0 Å². The van der Waals surface area contributed by atoms with E-state index in [1.165, 1.54) is 0 Å². The van der Waals surface area contributed by atoms with Gasteiger partial charge in [-0.2, -0.15) is 0 Å². The highest BCUT2D eigenvalue weighted by Gasteiger charge is 2.10. The molecule has 0 saturated heterocycles. The van der Waals surface area contributed by atoms with Crippen LogP contribution in [0.15, 0.2) is 37.0 Å². The molecule has 0 atom stereocenters. The molecule has 0 heterocycles. The van der Waals surface area contributed by atoms with E-state index >= 15 is 0 Å². The van der Waals surface area contributed by atoms with Crippen molar-refractivity contribution in [3.63, 3.8) is 0 Å². The minimum atomic E-state index is -1.36. The van der Waals surface area contributed by atoms with E-state index in [9.17, 15) is 0 Å². The van der Waals surface area contributed by atoms with E-state index in [0.29, 0.717) is 0 Å². The highest BCUT2D eigenvalue weighted by atomic mass is 31.2. The van der Waals surface area contributed by atoms with Crippen LogP contribution >= 0.6 is 8.60 Å². The molecule has 0 bridgehead atoms. The van der Waals surface area contributed by atoms with Crippen molar-refractivity contribution in [1.82, 2.24) is 0 Å². The van der Waals surface area contributed by atoms with E-state index in [1.54, 1.807) is 18.8 Å². The van der Waals surface area contributed by atoms with Gasteiger partial charge in [0.1, 0.15) is 0 Å². The first-order valence-electron chi connectivity index (χ1n) is 5.60. The summed E-state index contributed by atoms with van der Waals surface area (Å²) in [6, 6.07) is 0. The van der Waals surface area contributed by atoms with E-state index in [4.69, 9.17) is 13.6 Å². The fourth-order valence-electron chi connectivity index (χ4n) is 0.641. The van der Waals surface area contributed by atoms with Crippen LogP contribution < -0.4 is 0 Å². The lowest BCUT2D eigenvalue weighted by Crippen LogP contribution is -1.82. The summed E-state index contributed by atoms with van der Waals surface area (Å²) in [6.45, 7) is 6.12. The first-order valence-corrected chi connectivity index (χ1v) is 6.70. The fraction of sp³-hybridized carbons (Fsp3) is 0.500. The maximum atomic E-state index is 5.31. The lowest BCUT2D eigenvalue weighted by molar-refractivity contribution is 0.302. The molecule has 3 nitrogen and oxygen atoms in total. The molecule has 0 N–H and O–H groups in total. The Morgan fingerprint density at radius 2 is 1.00 bits per heavy atom. The zero-order chi connectivity index (χ0) is 12.1. The highest BCUT2D eigenvalue weighted by Crippen LogP contribution is 2.40. The lowest BCUT2D eigenvalue weighted by atomic mass is 10.5. The zero-order valence-corrected chi connectivity index (χ0v) is 11.2. The van der Waals surface area contributed by atoms with Crippen LogP contribution in [-0.2, 0) is 13.6 Å². The lowest BCUT2D eigenvalue weighted by Gasteiger charge is -2.10. The van der Waals surface area contributed by atoms with Gasteiger partial charge in [0.05, 0.1) is 18.8 Å². The molecule has 0 aliphatic rings. The van der Waals surface area contributed by atoms with Crippen molar-refractivity contribution in [2.45, 2.75) is 40.0 Å². The van der Waals surface area contributed by atoms with E-state index in [0.717, 1.165) is 19.3 Å². The van der Waals surface area contributed by atoms with Crippen LogP contribution in [0.5, 0.6) is 0 Å². The Hall–Kier alpha value is -0.950. The SMILES string of the molecule is CCC=COP(OC=CCC)OC=CCC. The van der Waals surface area contributed by atoms with Gasteiger partial charge in [0.25, 0.3) is 0 Å². The van der Waals surface area contributed by atoms with Gasteiger partial charge < -0.3 is 13.6 Å². The van der Waals surface area contributed by atoms with Crippen LogP contribution in [0.25, 0.3) is 0 Å². The van der Waals surface area contributed by atoms with Gasteiger partial charge in [-0.15, -0.1) is 0 Å². The molecule has 0 radical (unpaired) electrons. The Bertz CT molecular complexity index is 186. The standard InChI is InChI=1S/C12H21O3P/c1-4-7-10-13-16(14-11-8-5-2)15-12-9-6-3/h7-12H,4-6H2,1-3H3. The molecule has 0 aromatic heterocycles. The van der Waals surface area contributed by atoms with Crippen LogP contribution in [0.3, 0.4) is 0 Å². The number of hydrogen-bond acceptors (Lipinski definition) is 3. The quantitative estimate of drug-likeness (QED) is 0.420. The molecule has 0 aliphatic carbocycles. The summed E-state index contributed by atoms with van der Waals surface area (Å²) in [4.78, 5) is 0. The molecule has 0 aliphatic heterocycles. The van der Waals surface area contributed by atoms with Gasteiger partial charge in [0.15, 0.2) is 0 Å². The smallest absolute Gasteiger partial charge is 0.417 e. The topological polar surface area (TPSA) is 27.7 Å². The second kappa shape index (κ2) is 12.1. The van der Waals surface area contributed by atoms with Crippen LogP contribution in [0.2, 0.25) is 0 Å². The van der Waals surface area contributed by atoms with Crippen LogP contribution in [0.1, 0.15) is 40.0 Å². The van der Waals surface area contributed by atoms with Crippen molar-refractivity contribution in [3.8, 4) is 0 Å². The summed E-state index contributed by atoms with van der Waals surface area (Å²) >= 11 is 0. The maximum Gasteiger partial charge on any atom is 0.528 e. The van der Waals surface area contributed by atoms with Crippen molar-refractivity contribution in [1.29, 1.82) is 0 Å². The van der Waals surface area contributed by atoms with Gasteiger partial charge in [0.2, 0.25) is 0 Å². The summed E-state index contributed by atoms with van der Waals surface area (Å²) in [5.41, 5.74) is 0. The molecule has 0 fully saturated rings. The van der Waals surface area contributed by atoms with Gasteiger partial charge in [-0.3, -0.25) is 0 Å². The largest absolute Gasteiger partial charge is 0.528 e. The molecule has 0 aromatic carbocycles. The van der Waals surface area contributed by atoms with Crippen molar-refractivity contribution in [2.24, 2.45) is 0 Å². The monoisotopic (exact) mass is 244 g/mol. The average molecular weight is 244 g/mol.